The van der Waals surface area contributed by atoms with Gasteiger partial charge in [-0.2, -0.15) is 0 Å². The maximum absolute atomic E-state index is 3.28. The number of hydrogen-bond donors (Lipinski definition) is 1. The lowest BCUT2D eigenvalue weighted by Crippen LogP contribution is -2.23. The Balaban J connectivity index is 1.99. The van der Waals surface area contributed by atoms with Crippen LogP contribution < -0.4 is 5.32 Å². The van der Waals surface area contributed by atoms with E-state index < -0.39 is 0 Å². The zero-order valence-electron chi connectivity index (χ0n) is 11.4. The first-order valence-electron chi connectivity index (χ1n) is 6.96. The molecule has 0 fully saturated rings. The van der Waals surface area contributed by atoms with Gasteiger partial charge < -0.3 is 5.32 Å². The van der Waals surface area contributed by atoms with Gasteiger partial charge in [0.1, 0.15) is 0 Å². The molecule has 0 saturated carbocycles. The van der Waals surface area contributed by atoms with Crippen LogP contribution in [-0.2, 0) is 19.3 Å². The van der Waals surface area contributed by atoms with Crippen molar-refractivity contribution in [2.24, 2.45) is 11.8 Å². The molecule has 1 aromatic rings. The molecule has 1 heteroatoms. The highest BCUT2D eigenvalue weighted by molar-refractivity contribution is 5.35. The summed E-state index contributed by atoms with van der Waals surface area (Å²) in [6.07, 6.45) is 5.16. The molecule has 94 valence electrons. The number of benzene rings is 1. The van der Waals surface area contributed by atoms with Crippen LogP contribution in [-0.4, -0.2) is 13.6 Å². The highest BCUT2D eigenvalue weighted by Gasteiger charge is 2.14. The molecule has 1 aromatic carbocycles. The van der Waals surface area contributed by atoms with Crippen LogP contribution >= 0.6 is 0 Å². The summed E-state index contributed by atoms with van der Waals surface area (Å²) in [5.41, 5.74) is 4.72. The molecular weight excluding hydrogens is 206 g/mol. The summed E-state index contributed by atoms with van der Waals surface area (Å²) in [5.74, 6) is 1.50. The maximum Gasteiger partial charge on any atom is -0.00235 e. The van der Waals surface area contributed by atoms with Crippen molar-refractivity contribution < 1.29 is 0 Å². The Morgan fingerprint density at radius 3 is 2.65 bits per heavy atom. The van der Waals surface area contributed by atoms with Gasteiger partial charge in [0.2, 0.25) is 0 Å². The van der Waals surface area contributed by atoms with E-state index in [1.807, 2.05) is 7.05 Å². The first-order chi connectivity index (χ1) is 8.20. The third kappa shape index (κ3) is 3.10. The van der Waals surface area contributed by atoms with E-state index in [9.17, 15) is 0 Å². The van der Waals surface area contributed by atoms with E-state index in [2.05, 4.69) is 37.4 Å². The van der Waals surface area contributed by atoms with Crippen LogP contribution in [0.15, 0.2) is 18.2 Å². The minimum Gasteiger partial charge on any atom is -0.319 e. The predicted octanol–water partition coefficient (Wildman–Crippen LogP) is 3.21. The van der Waals surface area contributed by atoms with Crippen LogP contribution in [0.25, 0.3) is 0 Å². The normalized spacial score (nSPS) is 17.8. The van der Waals surface area contributed by atoms with Crippen LogP contribution in [0.1, 0.15) is 37.0 Å². The lowest BCUT2D eigenvalue weighted by molar-refractivity contribution is 0.374. The molecule has 1 aliphatic rings. The molecule has 0 bridgehead atoms. The minimum atomic E-state index is 0.744. The largest absolute Gasteiger partial charge is 0.319 e. The van der Waals surface area contributed by atoms with Crippen molar-refractivity contribution in [3.05, 3.63) is 34.9 Å². The lowest BCUT2D eigenvalue weighted by atomic mass is 9.89. The molecule has 0 aliphatic heterocycles. The number of hydrogen-bond acceptors (Lipinski definition) is 1. The van der Waals surface area contributed by atoms with Crippen molar-refractivity contribution in [2.45, 2.75) is 39.5 Å². The second kappa shape index (κ2) is 5.68. The van der Waals surface area contributed by atoms with Gasteiger partial charge in [0.05, 0.1) is 0 Å². The van der Waals surface area contributed by atoms with Crippen LogP contribution in [0, 0.1) is 11.8 Å². The molecule has 0 saturated heterocycles. The molecule has 1 nitrogen and oxygen atoms in total. The molecule has 0 radical (unpaired) electrons. The van der Waals surface area contributed by atoms with Gasteiger partial charge in [0.25, 0.3) is 0 Å². The van der Waals surface area contributed by atoms with Crippen LogP contribution in [0.2, 0.25) is 0 Å². The smallest absolute Gasteiger partial charge is 0.00235 e. The fraction of sp³-hybridized carbons (Fsp3) is 0.625. The van der Waals surface area contributed by atoms with Gasteiger partial charge in [-0.05, 0) is 67.8 Å². The highest BCUT2D eigenvalue weighted by Crippen LogP contribution is 2.25. The summed E-state index contributed by atoms with van der Waals surface area (Å²) in [6, 6.07) is 7.14. The molecular formula is C16H25N. The Morgan fingerprint density at radius 1 is 1.12 bits per heavy atom. The first-order valence-corrected chi connectivity index (χ1v) is 6.96. The van der Waals surface area contributed by atoms with Crippen LogP contribution in [0.5, 0.6) is 0 Å². The first kappa shape index (κ1) is 12.6. The second-order valence-corrected chi connectivity index (χ2v) is 5.67. The Labute approximate surface area is 106 Å². The topological polar surface area (TPSA) is 12.0 Å². The Bertz CT molecular complexity index is 370. The number of nitrogens with one attached hydrogen (secondary N) is 1. The Hall–Kier alpha value is -0.820. The van der Waals surface area contributed by atoms with Crippen molar-refractivity contribution in [3.63, 3.8) is 0 Å². The minimum absolute atomic E-state index is 0.744. The summed E-state index contributed by atoms with van der Waals surface area (Å²) < 4.78 is 0. The van der Waals surface area contributed by atoms with E-state index in [4.69, 9.17) is 0 Å². The van der Waals surface area contributed by atoms with Crippen LogP contribution in [0.3, 0.4) is 0 Å². The monoisotopic (exact) mass is 231 g/mol. The Morgan fingerprint density at radius 2 is 1.88 bits per heavy atom. The number of rotatable bonds is 5. The molecule has 17 heavy (non-hydrogen) atoms. The van der Waals surface area contributed by atoms with Gasteiger partial charge in [-0.3, -0.25) is 0 Å². The molecule has 0 aromatic heterocycles. The molecule has 2 atom stereocenters. The van der Waals surface area contributed by atoms with Gasteiger partial charge in [0, 0.05) is 0 Å². The van der Waals surface area contributed by atoms with Gasteiger partial charge in [-0.15, -0.1) is 0 Å². The van der Waals surface area contributed by atoms with Crippen molar-refractivity contribution in [2.75, 3.05) is 13.6 Å². The maximum atomic E-state index is 3.28. The zero-order valence-corrected chi connectivity index (χ0v) is 11.4. The number of aryl methyl sites for hydroxylation is 2. The molecule has 1 N–H and O–H groups in total. The average Bonchev–Trinajstić information content (AvgIpc) is 2.76. The van der Waals surface area contributed by atoms with E-state index in [1.165, 1.54) is 31.2 Å². The van der Waals surface area contributed by atoms with E-state index in [0.29, 0.717) is 0 Å². The summed E-state index contributed by atoms with van der Waals surface area (Å²) in [7, 11) is 2.04. The van der Waals surface area contributed by atoms with Gasteiger partial charge in [-0.25, -0.2) is 0 Å². The quantitative estimate of drug-likeness (QED) is 0.820. The third-order valence-electron chi connectivity index (χ3n) is 4.22. The zero-order chi connectivity index (χ0) is 12.3. The highest BCUT2D eigenvalue weighted by atomic mass is 14.8. The fourth-order valence-electron chi connectivity index (χ4n) is 2.85. The summed E-state index contributed by atoms with van der Waals surface area (Å²) in [5, 5.41) is 3.28. The summed E-state index contributed by atoms with van der Waals surface area (Å²) in [4.78, 5) is 0. The standard InChI is InChI=1S/C16H25N/c1-12(13(2)11-17-3)9-14-7-8-15-5-4-6-16(15)10-14/h7-8,10,12-13,17H,4-6,9,11H2,1-3H3. The molecule has 0 heterocycles. The summed E-state index contributed by atoms with van der Waals surface area (Å²) >= 11 is 0. The number of fused-ring (bicyclic) bond motifs is 1. The fourth-order valence-corrected chi connectivity index (χ4v) is 2.85. The van der Waals surface area contributed by atoms with E-state index in [1.54, 1.807) is 11.1 Å². The third-order valence-corrected chi connectivity index (χ3v) is 4.22. The van der Waals surface area contributed by atoms with E-state index in [-0.39, 0.29) is 0 Å². The molecule has 0 spiro atoms. The van der Waals surface area contributed by atoms with Crippen molar-refractivity contribution >= 4 is 0 Å². The average molecular weight is 231 g/mol. The molecule has 2 rings (SSSR count). The van der Waals surface area contributed by atoms with Crippen molar-refractivity contribution in [1.29, 1.82) is 0 Å². The van der Waals surface area contributed by atoms with Crippen molar-refractivity contribution in [3.8, 4) is 0 Å². The van der Waals surface area contributed by atoms with E-state index >= 15 is 0 Å². The van der Waals surface area contributed by atoms with E-state index in [0.717, 1.165) is 18.4 Å². The van der Waals surface area contributed by atoms with Gasteiger partial charge >= 0.3 is 0 Å². The van der Waals surface area contributed by atoms with Gasteiger partial charge in [0.15, 0.2) is 0 Å². The summed E-state index contributed by atoms with van der Waals surface area (Å²) in [6.45, 7) is 5.83. The Kier molecular flexibility index (Phi) is 4.22. The van der Waals surface area contributed by atoms with Crippen LogP contribution in [0.4, 0.5) is 0 Å². The SMILES string of the molecule is CNCC(C)C(C)Cc1ccc2c(c1)CCC2. The molecule has 0 amide bonds. The second-order valence-electron chi connectivity index (χ2n) is 5.67. The van der Waals surface area contributed by atoms with Crippen molar-refractivity contribution in [1.82, 2.24) is 5.32 Å². The lowest BCUT2D eigenvalue weighted by Gasteiger charge is -2.20. The molecule has 1 aliphatic carbocycles. The molecule has 2 unspecified atom stereocenters. The predicted molar refractivity (Wildman–Crippen MR) is 74.4 cm³/mol. The van der Waals surface area contributed by atoms with Gasteiger partial charge in [-0.1, -0.05) is 32.0 Å².